The number of nitrogens with zero attached hydrogens (tertiary/aromatic N) is 1. The van der Waals surface area contributed by atoms with Crippen molar-refractivity contribution in [3.05, 3.63) is 12.2 Å². The van der Waals surface area contributed by atoms with Gasteiger partial charge in [-0.2, -0.15) is 0 Å². The smallest absolute Gasteiger partial charge is 0.223 e. The van der Waals surface area contributed by atoms with Crippen molar-refractivity contribution >= 4 is 5.91 Å². The minimum atomic E-state index is -0.367. The molecule has 0 saturated carbocycles. The van der Waals surface area contributed by atoms with Gasteiger partial charge < -0.3 is 14.4 Å². The fourth-order valence-electron chi connectivity index (χ4n) is 3.52. The van der Waals surface area contributed by atoms with Crippen molar-refractivity contribution in [2.75, 3.05) is 13.7 Å². The average molecular weight is 237 g/mol. The number of ether oxygens (including phenoxy) is 2. The highest BCUT2D eigenvalue weighted by atomic mass is 16.7. The molecule has 94 valence electrons. The van der Waals surface area contributed by atoms with Crippen molar-refractivity contribution in [3.63, 3.8) is 0 Å². The van der Waals surface area contributed by atoms with Gasteiger partial charge in [-0.15, -0.1) is 0 Å². The van der Waals surface area contributed by atoms with E-state index in [0.717, 1.165) is 6.42 Å². The van der Waals surface area contributed by atoms with Gasteiger partial charge in [-0.25, -0.2) is 0 Å². The van der Waals surface area contributed by atoms with Crippen molar-refractivity contribution < 1.29 is 14.3 Å². The third-order valence-electron chi connectivity index (χ3n) is 4.74. The topological polar surface area (TPSA) is 38.8 Å². The highest BCUT2D eigenvalue weighted by Gasteiger charge is 2.62. The molecule has 3 aliphatic heterocycles. The fraction of sp³-hybridized carbons (Fsp3) is 0.769. The van der Waals surface area contributed by atoms with E-state index < -0.39 is 0 Å². The lowest BCUT2D eigenvalue weighted by atomic mass is 9.72. The second-order valence-corrected chi connectivity index (χ2v) is 5.77. The summed E-state index contributed by atoms with van der Waals surface area (Å²) in [4.78, 5) is 13.8. The molecule has 2 fully saturated rings. The lowest BCUT2D eigenvalue weighted by Crippen LogP contribution is -2.46. The number of hydrogen-bond acceptors (Lipinski definition) is 3. The Morgan fingerprint density at radius 2 is 2.29 bits per heavy atom. The lowest BCUT2D eigenvalue weighted by molar-refractivity contribution is -0.166. The monoisotopic (exact) mass is 237 g/mol. The first kappa shape index (κ1) is 11.2. The van der Waals surface area contributed by atoms with E-state index in [4.69, 9.17) is 9.47 Å². The largest absolute Gasteiger partial charge is 0.352 e. The van der Waals surface area contributed by atoms with Crippen molar-refractivity contribution in [2.24, 2.45) is 5.41 Å². The first-order valence-corrected chi connectivity index (χ1v) is 6.20. The summed E-state index contributed by atoms with van der Waals surface area (Å²) in [5, 5.41) is 0. The van der Waals surface area contributed by atoms with Crippen LogP contribution in [-0.2, 0) is 14.3 Å². The maximum absolute atomic E-state index is 11.8. The summed E-state index contributed by atoms with van der Waals surface area (Å²) in [5.41, 5.74) is -0.419. The van der Waals surface area contributed by atoms with Crippen LogP contribution in [0.2, 0.25) is 0 Å². The molecule has 3 rings (SSSR count). The Bertz CT molecular complexity index is 390. The Kier molecular flexibility index (Phi) is 2.20. The van der Waals surface area contributed by atoms with Crippen molar-refractivity contribution in [1.29, 1.82) is 0 Å². The van der Waals surface area contributed by atoms with E-state index >= 15 is 0 Å². The zero-order valence-corrected chi connectivity index (χ0v) is 10.6. The zero-order chi connectivity index (χ0) is 12.3. The number of carbonyl (C=O) groups is 1. The number of fused-ring (bicyclic) bond motifs is 1. The number of carbonyl (C=O) groups excluding carboxylic acids is 1. The predicted molar refractivity (Wildman–Crippen MR) is 62.3 cm³/mol. The standard InChI is InChI=1S/C13H19NO3/c1-12(2)9-4-5-10(15)14(9)8-13(12)7-6-11(16-3)17-13/h6-7,9,11H,4-5,8H2,1-3H3. The van der Waals surface area contributed by atoms with Gasteiger partial charge in [0.1, 0.15) is 5.60 Å². The molecule has 2 saturated heterocycles. The maximum Gasteiger partial charge on any atom is 0.223 e. The van der Waals surface area contributed by atoms with Gasteiger partial charge in [-0.3, -0.25) is 4.79 Å². The Labute approximate surface area is 102 Å². The van der Waals surface area contributed by atoms with Crippen LogP contribution in [0.15, 0.2) is 12.2 Å². The van der Waals surface area contributed by atoms with Crippen LogP contribution in [0.4, 0.5) is 0 Å². The second-order valence-electron chi connectivity index (χ2n) is 5.77. The number of rotatable bonds is 1. The van der Waals surface area contributed by atoms with E-state index in [1.54, 1.807) is 7.11 Å². The summed E-state index contributed by atoms with van der Waals surface area (Å²) in [6, 6.07) is 0.301. The Hall–Kier alpha value is -0.870. The van der Waals surface area contributed by atoms with E-state index in [1.807, 2.05) is 11.0 Å². The predicted octanol–water partition coefficient (Wildman–Crippen LogP) is 1.31. The molecular weight excluding hydrogens is 218 g/mol. The van der Waals surface area contributed by atoms with Crippen LogP contribution in [-0.4, -0.2) is 42.4 Å². The Morgan fingerprint density at radius 3 is 2.88 bits per heavy atom. The van der Waals surface area contributed by atoms with Crippen LogP contribution in [0.5, 0.6) is 0 Å². The Balaban J connectivity index is 1.94. The Morgan fingerprint density at radius 1 is 1.53 bits per heavy atom. The summed E-state index contributed by atoms with van der Waals surface area (Å²) < 4.78 is 11.3. The van der Waals surface area contributed by atoms with Crippen LogP contribution >= 0.6 is 0 Å². The van der Waals surface area contributed by atoms with Crippen LogP contribution in [0, 0.1) is 5.41 Å². The minimum absolute atomic E-state index is 0.0526. The minimum Gasteiger partial charge on any atom is -0.352 e. The fourth-order valence-corrected chi connectivity index (χ4v) is 3.52. The molecule has 3 heterocycles. The third kappa shape index (κ3) is 1.28. The van der Waals surface area contributed by atoms with Gasteiger partial charge in [0.15, 0.2) is 6.29 Å². The van der Waals surface area contributed by atoms with Gasteiger partial charge in [-0.05, 0) is 18.6 Å². The molecule has 17 heavy (non-hydrogen) atoms. The first-order chi connectivity index (χ1) is 8.00. The molecule has 0 radical (unpaired) electrons. The van der Waals surface area contributed by atoms with Gasteiger partial charge in [0.05, 0.1) is 6.54 Å². The summed E-state index contributed by atoms with van der Waals surface area (Å²) in [6.45, 7) is 5.05. The summed E-state index contributed by atoms with van der Waals surface area (Å²) in [7, 11) is 1.64. The molecule has 0 N–H and O–H groups in total. The van der Waals surface area contributed by atoms with E-state index in [0.29, 0.717) is 19.0 Å². The third-order valence-corrected chi connectivity index (χ3v) is 4.74. The normalized spacial score (nSPS) is 42.8. The van der Waals surface area contributed by atoms with Crippen molar-refractivity contribution in [2.45, 2.75) is 44.6 Å². The van der Waals surface area contributed by atoms with Gasteiger partial charge in [-0.1, -0.05) is 13.8 Å². The van der Waals surface area contributed by atoms with Gasteiger partial charge in [0, 0.05) is 25.0 Å². The SMILES string of the molecule is COC1C=CC2(CN3C(=O)CCC3C2(C)C)O1. The van der Waals surface area contributed by atoms with Crippen LogP contribution in [0.3, 0.4) is 0 Å². The van der Waals surface area contributed by atoms with Crippen molar-refractivity contribution in [3.8, 4) is 0 Å². The molecule has 3 aliphatic rings. The summed E-state index contributed by atoms with van der Waals surface area (Å²) in [5.74, 6) is 0.262. The quantitative estimate of drug-likeness (QED) is 0.646. The molecule has 0 aromatic carbocycles. The molecular formula is C13H19NO3. The van der Waals surface area contributed by atoms with Crippen LogP contribution < -0.4 is 0 Å². The summed E-state index contributed by atoms with van der Waals surface area (Å²) >= 11 is 0. The van der Waals surface area contributed by atoms with E-state index in [9.17, 15) is 4.79 Å². The molecule has 1 amide bonds. The van der Waals surface area contributed by atoms with E-state index in [1.165, 1.54) is 0 Å². The highest BCUT2D eigenvalue weighted by molar-refractivity contribution is 5.80. The molecule has 4 heteroatoms. The van der Waals surface area contributed by atoms with Gasteiger partial charge >= 0.3 is 0 Å². The van der Waals surface area contributed by atoms with Crippen molar-refractivity contribution in [1.82, 2.24) is 4.90 Å². The molecule has 1 spiro atoms. The molecule has 4 nitrogen and oxygen atoms in total. The summed E-state index contributed by atoms with van der Waals surface area (Å²) in [6.07, 6.45) is 5.40. The molecule has 3 unspecified atom stereocenters. The zero-order valence-electron chi connectivity index (χ0n) is 10.6. The van der Waals surface area contributed by atoms with Crippen LogP contribution in [0.25, 0.3) is 0 Å². The van der Waals surface area contributed by atoms with Gasteiger partial charge in [0.2, 0.25) is 5.91 Å². The molecule has 0 aliphatic carbocycles. The highest BCUT2D eigenvalue weighted by Crippen LogP contribution is 2.53. The van der Waals surface area contributed by atoms with Crippen LogP contribution in [0.1, 0.15) is 26.7 Å². The maximum atomic E-state index is 11.8. The molecule has 3 atom stereocenters. The van der Waals surface area contributed by atoms with E-state index in [-0.39, 0.29) is 23.2 Å². The lowest BCUT2D eigenvalue weighted by Gasteiger charge is -2.38. The van der Waals surface area contributed by atoms with Gasteiger partial charge in [0.25, 0.3) is 0 Å². The number of methoxy groups -OCH3 is 1. The van der Waals surface area contributed by atoms with E-state index in [2.05, 4.69) is 19.9 Å². The number of amides is 1. The first-order valence-electron chi connectivity index (χ1n) is 6.20. The molecule has 0 aromatic heterocycles. The molecule has 0 aromatic rings. The second kappa shape index (κ2) is 3.33. The number of hydrogen-bond donors (Lipinski definition) is 0. The molecule has 0 bridgehead atoms. The average Bonchev–Trinajstić information content (AvgIpc) is 2.91.